The summed E-state index contributed by atoms with van der Waals surface area (Å²) in [4.78, 5) is 7.36. The maximum atomic E-state index is 4.75. The average Bonchev–Trinajstić information content (AvgIpc) is 2.75. The van der Waals surface area contributed by atoms with Gasteiger partial charge < -0.3 is 10.2 Å². The molecular weight excluding hydrogens is 266 g/mol. The van der Waals surface area contributed by atoms with E-state index in [-0.39, 0.29) is 0 Å². The number of rotatable bonds is 8. The van der Waals surface area contributed by atoms with E-state index in [0.717, 1.165) is 19.5 Å². The van der Waals surface area contributed by atoms with Gasteiger partial charge in [0.1, 0.15) is 0 Å². The molecule has 1 saturated heterocycles. The first-order chi connectivity index (χ1) is 9.88. The van der Waals surface area contributed by atoms with Crippen molar-refractivity contribution in [3.63, 3.8) is 0 Å². The van der Waals surface area contributed by atoms with E-state index < -0.39 is 0 Å². The fraction of sp³-hybridized carbons (Fsp3) is 0.812. The summed E-state index contributed by atoms with van der Waals surface area (Å²) in [5.41, 5.74) is 1.22. The van der Waals surface area contributed by atoms with Crippen LogP contribution in [0.3, 0.4) is 0 Å². The Morgan fingerprint density at radius 1 is 1.25 bits per heavy atom. The van der Waals surface area contributed by atoms with Gasteiger partial charge in [-0.25, -0.2) is 4.98 Å². The van der Waals surface area contributed by atoms with Crippen molar-refractivity contribution in [1.29, 1.82) is 0 Å². The lowest BCUT2D eigenvalue weighted by atomic mass is 10.2. The van der Waals surface area contributed by atoms with Crippen LogP contribution in [-0.2, 0) is 13.0 Å². The maximum absolute atomic E-state index is 4.75. The van der Waals surface area contributed by atoms with Gasteiger partial charge in [-0.1, -0.05) is 26.2 Å². The highest BCUT2D eigenvalue weighted by Gasteiger charge is 2.10. The van der Waals surface area contributed by atoms with Gasteiger partial charge in [0.25, 0.3) is 0 Å². The van der Waals surface area contributed by atoms with Crippen molar-refractivity contribution in [1.82, 2.24) is 15.2 Å². The fourth-order valence-electron chi connectivity index (χ4n) is 2.68. The number of thiazole rings is 1. The van der Waals surface area contributed by atoms with Gasteiger partial charge in [-0.2, -0.15) is 0 Å². The third-order valence-electron chi connectivity index (χ3n) is 3.95. The lowest BCUT2D eigenvalue weighted by Crippen LogP contribution is -2.26. The predicted octanol–water partition coefficient (Wildman–Crippen LogP) is 3.45. The summed E-state index contributed by atoms with van der Waals surface area (Å²) in [6.45, 7) is 8.03. The van der Waals surface area contributed by atoms with Crippen LogP contribution in [0.5, 0.6) is 0 Å². The minimum atomic E-state index is 0.931. The number of aromatic nitrogens is 1. The molecular formula is C16H29N3S. The van der Waals surface area contributed by atoms with Crippen molar-refractivity contribution >= 4 is 11.3 Å². The molecule has 0 spiro atoms. The Morgan fingerprint density at radius 3 is 2.80 bits per heavy atom. The minimum Gasteiger partial charge on any atom is -0.311 e. The molecule has 4 heteroatoms. The summed E-state index contributed by atoms with van der Waals surface area (Å²) in [5.74, 6) is 0. The van der Waals surface area contributed by atoms with E-state index in [1.54, 1.807) is 0 Å². The van der Waals surface area contributed by atoms with E-state index in [0.29, 0.717) is 0 Å². The largest absolute Gasteiger partial charge is 0.311 e. The van der Waals surface area contributed by atoms with Crippen LogP contribution in [-0.4, -0.2) is 36.1 Å². The van der Waals surface area contributed by atoms with Gasteiger partial charge in [0.15, 0.2) is 0 Å². The molecule has 1 N–H and O–H groups in total. The number of hydrogen-bond donors (Lipinski definition) is 1. The highest BCUT2D eigenvalue weighted by Crippen LogP contribution is 2.13. The van der Waals surface area contributed by atoms with Crippen LogP contribution in [0.2, 0.25) is 0 Å². The summed E-state index contributed by atoms with van der Waals surface area (Å²) < 4.78 is 0. The lowest BCUT2D eigenvalue weighted by molar-refractivity contribution is 0.288. The molecule has 20 heavy (non-hydrogen) atoms. The number of nitrogens with one attached hydrogen (secondary N) is 1. The van der Waals surface area contributed by atoms with Crippen LogP contribution in [0.1, 0.15) is 56.2 Å². The zero-order valence-corrected chi connectivity index (χ0v) is 13.7. The van der Waals surface area contributed by atoms with Gasteiger partial charge in [0, 0.05) is 24.9 Å². The normalized spacial score (nSPS) is 17.2. The first-order valence-electron chi connectivity index (χ1n) is 8.25. The van der Waals surface area contributed by atoms with Crippen LogP contribution in [0, 0.1) is 0 Å². The summed E-state index contributed by atoms with van der Waals surface area (Å²) >= 11 is 1.83. The average molecular weight is 295 g/mol. The maximum Gasteiger partial charge on any atom is 0.0941 e. The van der Waals surface area contributed by atoms with E-state index in [2.05, 4.69) is 22.5 Å². The number of unbranched alkanes of at least 4 members (excludes halogenated alkanes) is 1. The SMILES string of the molecule is CCCCNCc1csc(CCN2CCCCCC2)n1. The summed E-state index contributed by atoms with van der Waals surface area (Å²) in [6.07, 6.45) is 9.23. The molecule has 0 aliphatic carbocycles. The molecule has 0 radical (unpaired) electrons. The van der Waals surface area contributed by atoms with Crippen molar-refractivity contribution in [2.75, 3.05) is 26.2 Å². The minimum absolute atomic E-state index is 0.931. The first-order valence-corrected chi connectivity index (χ1v) is 9.13. The molecule has 1 fully saturated rings. The zero-order chi connectivity index (χ0) is 14.0. The highest BCUT2D eigenvalue weighted by molar-refractivity contribution is 7.09. The highest BCUT2D eigenvalue weighted by atomic mass is 32.1. The molecule has 0 atom stereocenters. The molecule has 1 aromatic rings. The van der Waals surface area contributed by atoms with Crippen LogP contribution >= 0.6 is 11.3 Å². The summed E-state index contributed by atoms with van der Waals surface area (Å²) in [5, 5.41) is 6.99. The number of hydrogen-bond acceptors (Lipinski definition) is 4. The van der Waals surface area contributed by atoms with E-state index >= 15 is 0 Å². The van der Waals surface area contributed by atoms with Crippen LogP contribution in [0.25, 0.3) is 0 Å². The standard InChI is InChI=1S/C16H29N3S/c1-2-3-9-17-13-15-14-20-16(18-15)8-12-19-10-6-4-5-7-11-19/h14,17H,2-13H2,1H3. The van der Waals surface area contributed by atoms with Gasteiger partial charge in [-0.05, 0) is 38.9 Å². The van der Waals surface area contributed by atoms with Gasteiger partial charge in [0.2, 0.25) is 0 Å². The molecule has 2 rings (SSSR count). The molecule has 1 aliphatic heterocycles. The Bertz CT molecular complexity index is 356. The molecule has 3 nitrogen and oxygen atoms in total. The van der Waals surface area contributed by atoms with Crippen molar-refractivity contribution in [2.24, 2.45) is 0 Å². The molecule has 2 heterocycles. The van der Waals surface area contributed by atoms with Gasteiger partial charge >= 0.3 is 0 Å². The van der Waals surface area contributed by atoms with Crippen LogP contribution < -0.4 is 5.32 Å². The van der Waals surface area contributed by atoms with E-state index in [1.165, 1.54) is 68.9 Å². The van der Waals surface area contributed by atoms with Crippen LogP contribution in [0.4, 0.5) is 0 Å². The Morgan fingerprint density at radius 2 is 2.05 bits per heavy atom. The first kappa shape index (κ1) is 15.9. The zero-order valence-electron chi connectivity index (χ0n) is 12.9. The Labute approximate surface area is 127 Å². The second-order valence-electron chi connectivity index (χ2n) is 5.77. The van der Waals surface area contributed by atoms with E-state index in [1.807, 2.05) is 11.3 Å². The monoisotopic (exact) mass is 295 g/mol. The third-order valence-corrected chi connectivity index (χ3v) is 4.91. The van der Waals surface area contributed by atoms with Crippen LogP contribution in [0.15, 0.2) is 5.38 Å². The third kappa shape index (κ3) is 5.90. The number of nitrogens with zero attached hydrogens (tertiary/aromatic N) is 2. The van der Waals surface area contributed by atoms with Gasteiger partial charge in [0.05, 0.1) is 10.7 Å². The topological polar surface area (TPSA) is 28.2 Å². The second kappa shape index (κ2) is 9.48. The molecule has 1 aliphatic rings. The molecule has 0 saturated carbocycles. The van der Waals surface area contributed by atoms with E-state index in [9.17, 15) is 0 Å². The second-order valence-corrected chi connectivity index (χ2v) is 6.71. The summed E-state index contributed by atoms with van der Waals surface area (Å²) in [7, 11) is 0. The molecule has 0 amide bonds. The lowest BCUT2D eigenvalue weighted by Gasteiger charge is -2.18. The molecule has 0 aromatic carbocycles. The Hall–Kier alpha value is -0.450. The van der Waals surface area contributed by atoms with Gasteiger partial charge in [-0.3, -0.25) is 0 Å². The van der Waals surface area contributed by atoms with E-state index in [4.69, 9.17) is 4.98 Å². The van der Waals surface area contributed by atoms with Crippen molar-refractivity contribution < 1.29 is 0 Å². The molecule has 1 aromatic heterocycles. The van der Waals surface area contributed by atoms with Crippen molar-refractivity contribution in [3.05, 3.63) is 16.1 Å². The van der Waals surface area contributed by atoms with Gasteiger partial charge in [-0.15, -0.1) is 11.3 Å². The Kier molecular flexibility index (Phi) is 7.55. The quantitative estimate of drug-likeness (QED) is 0.745. The Balaban J connectivity index is 1.66. The summed E-state index contributed by atoms with van der Waals surface area (Å²) in [6, 6.07) is 0. The molecule has 0 unspecified atom stereocenters. The molecule has 114 valence electrons. The van der Waals surface area contributed by atoms with Crippen molar-refractivity contribution in [3.8, 4) is 0 Å². The predicted molar refractivity (Wildman–Crippen MR) is 87.3 cm³/mol. The molecule has 0 bridgehead atoms. The van der Waals surface area contributed by atoms with Crippen molar-refractivity contribution in [2.45, 2.75) is 58.4 Å². The number of likely N-dealkylation sites (tertiary alicyclic amines) is 1. The smallest absolute Gasteiger partial charge is 0.0941 e. The fourth-order valence-corrected chi connectivity index (χ4v) is 3.46.